The van der Waals surface area contributed by atoms with Crippen LogP contribution in [0.3, 0.4) is 0 Å². The van der Waals surface area contributed by atoms with Crippen LogP contribution in [0.25, 0.3) is 32.1 Å². The predicted octanol–water partition coefficient (Wildman–Crippen LogP) is 6.92. The second-order valence-corrected chi connectivity index (χ2v) is 14.4. The third-order valence-electron chi connectivity index (χ3n) is 10.3. The lowest BCUT2D eigenvalue weighted by atomic mass is 9.91. The van der Waals surface area contributed by atoms with Gasteiger partial charge >= 0.3 is 12.2 Å². The number of alkyl halides is 3. The first kappa shape index (κ1) is 33.2. The highest BCUT2D eigenvalue weighted by molar-refractivity contribution is 7.23. The van der Waals surface area contributed by atoms with Crippen LogP contribution in [0.4, 0.5) is 38.6 Å². The zero-order valence-corrected chi connectivity index (χ0v) is 28.4. The van der Waals surface area contributed by atoms with Crippen molar-refractivity contribution in [3.8, 4) is 29.0 Å². The van der Waals surface area contributed by atoms with E-state index in [0.717, 1.165) is 25.1 Å². The lowest BCUT2D eigenvalue weighted by Gasteiger charge is -2.31. The van der Waals surface area contributed by atoms with Gasteiger partial charge < -0.3 is 25.8 Å². The van der Waals surface area contributed by atoms with Gasteiger partial charge in [-0.2, -0.15) is 28.4 Å². The molecule has 2 aromatic carbocycles. The van der Waals surface area contributed by atoms with Crippen molar-refractivity contribution in [2.45, 2.75) is 44.6 Å². The normalized spacial score (nSPS) is 21.2. The molecule has 2 aliphatic heterocycles. The summed E-state index contributed by atoms with van der Waals surface area (Å²) >= 11 is 0.690. The maximum absolute atomic E-state index is 17.4. The molecule has 1 saturated heterocycles. The third-order valence-corrected chi connectivity index (χ3v) is 11.4. The molecule has 5 atom stereocenters. The van der Waals surface area contributed by atoms with E-state index in [-0.39, 0.29) is 68.4 Å². The Morgan fingerprint density at radius 1 is 1.14 bits per heavy atom. The highest BCUT2D eigenvalue weighted by atomic mass is 32.1. The summed E-state index contributed by atoms with van der Waals surface area (Å²) in [5, 5.41) is 9.24. The third kappa shape index (κ3) is 5.16. The standard InChI is InChI=1S/C35H31F5N8O2S/c1-14(17-5-4-8-44-31(17)42)48-9-10-49-29-24-27(45-34(46-33(24)48)50-15(2)28-19-11-16(19)13-47(28)3)26(37)23(25(29)35(38,39)40)18-6-7-21(36)30-22(18)20(12-41)32(43)51-30/h4-8,14-16,19,28H,9-11,13,43H2,1-3H3,(H2,42,44)/t14-,15?,16?,19?,28?/m1/s1. The van der Waals surface area contributed by atoms with Gasteiger partial charge in [-0.25, -0.2) is 13.8 Å². The van der Waals surface area contributed by atoms with E-state index in [2.05, 4.69) is 19.9 Å². The van der Waals surface area contributed by atoms with Gasteiger partial charge in [-0.15, -0.1) is 11.3 Å². The maximum atomic E-state index is 17.4. The molecule has 0 radical (unpaired) electrons. The van der Waals surface area contributed by atoms with Crippen LogP contribution in [0.1, 0.15) is 43.0 Å². The molecule has 8 rings (SSSR count). The number of likely N-dealkylation sites (tertiary alicyclic amines) is 1. The van der Waals surface area contributed by atoms with Crippen molar-refractivity contribution in [2.75, 3.05) is 43.1 Å². The summed E-state index contributed by atoms with van der Waals surface area (Å²) in [5.41, 5.74) is 9.24. The monoisotopic (exact) mass is 722 g/mol. The number of benzene rings is 2. The fourth-order valence-corrected chi connectivity index (χ4v) is 8.99. The Kier molecular flexibility index (Phi) is 7.65. The number of fused-ring (bicyclic) bond motifs is 2. The van der Waals surface area contributed by atoms with Crippen LogP contribution in [-0.2, 0) is 6.18 Å². The number of thiophene rings is 1. The van der Waals surface area contributed by atoms with Crippen molar-refractivity contribution in [2.24, 2.45) is 11.8 Å². The number of likely N-dealkylation sites (N-methyl/N-ethyl adjacent to an activating group) is 1. The van der Waals surface area contributed by atoms with Crippen molar-refractivity contribution in [3.05, 3.63) is 58.8 Å². The number of pyridine rings is 1. The molecule has 0 bridgehead atoms. The topological polar surface area (TPSA) is 139 Å². The maximum Gasteiger partial charge on any atom is 0.420 e. The molecular formula is C35H31F5N8O2S. The van der Waals surface area contributed by atoms with E-state index >= 15 is 22.0 Å². The molecule has 10 nitrogen and oxygen atoms in total. The van der Waals surface area contributed by atoms with Gasteiger partial charge in [-0.1, -0.05) is 12.1 Å². The summed E-state index contributed by atoms with van der Waals surface area (Å²) in [4.78, 5) is 17.2. The number of nitrogen functional groups attached to an aromatic ring is 2. The number of rotatable bonds is 6. The first-order valence-corrected chi connectivity index (χ1v) is 17.1. The van der Waals surface area contributed by atoms with E-state index < -0.39 is 52.3 Å². The number of nitriles is 1. The summed E-state index contributed by atoms with van der Waals surface area (Å²) in [7, 11) is 2.00. The predicted molar refractivity (Wildman–Crippen MR) is 182 cm³/mol. The van der Waals surface area contributed by atoms with E-state index in [9.17, 15) is 5.26 Å². The number of piperidine rings is 1. The molecule has 16 heteroatoms. The van der Waals surface area contributed by atoms with Crippen molar-refractivity contribution in [1.29, 1.82) is 5.26 Å². The molecule has 264 valence electrons. The summed E-state index contributed by atoms with van der Waals surface area (Å²) < 4.78 is 90.7. The minimum Gasteiger partial charge on any atom is -0.490 e. The highest BCUT2D eigenvalue weighted by Gasteiger charge is 2.53. The van der Waals surface area contributed by atoms with Crippen molar-refractivity contribution < 1.29 is 31.4 Å². The van der Waals surface area contributed by atoms with E-state index in [1.54, 1.807) is 24.0 Å². The van der Waals surface area contributed by atoms with Crippen molar-refractivity contribution in [3.63, 3.8) is 0 Å². The summed E-state index contributed by atoms with van der Waals surface area (Å²) in [6.45, 7) is 4.32. The first-order chi connectivity index (χ1) is 24.3. The van der Waals surface area contributed by atoms with Crippen LogP contribution in [0.5, 0.6) is 11.8 Å². The number of anilines is 3. The van der Waals surface area contributed by atoms with Gasteiger partial charge in [0.15, 0.2) is 5.82 Å². The Morgan fingerprint density at radius 2 is 1.92 bits per heavy atom. The zero-order valence-electron chi connectivity index (χ0n) is 27.6. The molecule has 3 aromatic heterocycles. The second-order valence-electron chi connectivity index (χ2n) is 13.3. The first-order valence-electron chi connectivity index (χ1n) is 16.3. The van der Waals surface area contributed by atoms with Gasteiger partial charge in [0.25, 0.3) is 0 Å². The van der Waals surface area contributed by atoms with E-state index in [0.29, 0.717) is 28.7 Å². The van der Waals surface area contributed by atoms with Crippen LogP contribution >= 0.6 is 11.3 Å². The lowest BCUT2D eigenvalue weighted by molar-refractivity contribution is -0.138. The smallest absolute Gasteiger partial charge is 0.420 e. The van der Waals surface area contributed by atoms with Crippen LogP contribution < -0.4 is 25.8 Å². The molecule has 1 aliphatic carbocycles. The molecule has 5 aromatic rings. The molecule has 4 unspecified atom stereocenters. The quantitative estimate of drug-likeness (QED) is 0.178. The Labute approximate surface area is 292 Å². The van der Waals surface area contributed by atoms with Crippen LogP contribution in [-0.4, -0.2) is 58.7 Å². The van der Waals surface area contributed by atoms with E-state index in [1.165, 1.54) is 6.20 Å². The molecule has 1 saturated carbocycles. The fourth-order valence-electron chi connectivity index (χ4n) is 8.04. The largest absolute Gasteiger partial charge is 0.490 e. The van der Waals surface area contributed by atoms with Gasteiger partial charge in [0, 0.05) is 35.3 Å². The average Bonchev–Trinajstić information content (AvgIpc) is 3.66. The highest BCUT2D eigenvalue weighted by Crippen LogP contribution is 2.54. The van der Waals surface area contributed by atoms with Gasteiger partial charge in [0.1, 0.15) is 58.1 Å². The number of halogens is 5. The SMILES string of the molecule is CC(Oc1nc2c3c(c(C(F)(F)F)c(-c4ccc(F)c5sc(N)c(C#N)c45)c(F)c3n1)OCCN2[C@H](C)c1cccnc1N)C1C2CC2CN1C. The fraction of sp³-hybridized carbons (Fsp3) is 0.371. The Balaban J connectivity index is 1.43. The van der Waals surface area contributed by atoms with Crippen LogP contribution in [0, 0.1) is 34.8 Å². The number of nitrogens with two attached hydrogens (primary N) is 2. The Hall–Kier alpha value is -5.01. The molecule has 3 aliphatic rings. The summed E-state index contributed by atoms with van der Waals surface area (Å²) in [6.07, 6.45) is -3.06. The molecule has 51 heavy (non-hydrogen) atoms. The summed E-state index contributed by atoms with van der Waals surface area (Å²) in [6, 6.07) is 6.39. The van der Waals surface area contributed by atoms with E-state index in [1.807, 2.05) is 20.0 Å². The van der Waals surface area contributed by atoms with Gasteiger partial charge in [0.2, 0.25) is 0 Å². The Bertz CT molecular complexity index is 2290. The second kappa shape index (κ2) is 11.8. The minimum atomic E-state index is -5.20. The molecule has 0 amide bonds. The van der Waals surface area contributed by atoms with Gasteiger partial charge in [0.05, 0.1) is 28.2 Å². The number of ether oxygens (including phenoxy) is 2. The molecule has 4 N–H and O–H groups in total. The lowest BCUT2D eigenvalue weighted by Crippen LogP contribution is -2.41. The Morgan fingerprint density at radius 3 is 2.61 bits per heavy atom. The van der Waals surface area contributed by atoms with Crippen LogP contribution in [0.2, 0.25) is 0 Å². The van der Waals surface area contributed by atoms with Gasteiger partial charge in [-0.3, -0.25) is 4.90 Å². The number of aromatic nitrogens is 3. The van der Waals surface area contributed by atoms with Gasteiger partial charge in [-0.05, 0) is 56.8 Å². The molecule has 2 fully saturated rings. The minimum absolute atomic E-state index is 0.0229. The number of hydrogen-bond acceptors (Lipinski definition) is 11. The zero-order chi connectivity index (χ0) is 36.1. The van der Waals surface area contributed by atoms with Crippen molar-refractivity contribution in [1.82, 2.24) is 19.9 Å². The van der Waals surface area contributed by atoms with Crippen molar-refractivity contribution >= 4 is 49.0 Å². The number of hydrogen-bond donors (Lipinski definition) is 2. The summed E-state index contributed by atoms with van der Waals surface area (Å²) in [5.74, 6) is -1.76. The molecule has 0 spiro atoms. The van der Waals surface area contributed by atoms with E-state index in [4.69, 9.17) is 20.9 Å². The van der Waals surface area contributed by atoms with Crippen LogP contribution in [0.15, 0.2) is 30.5 Å². The molecule has 5 heterocycles. The number of nitrogens with zero attached hydrogens (tertiary/aromatic N) is 6. The average molecular weight is 723 g/mol. The molecular weight excluding hydrogens is 691 g/mol.